The number of fused-ring (bicyclic) bond motifs is 1. The number of amides is 1. The summed E-state index contributed by atoms with van der Waals surface area (Å²) in [6, 6.07) is 4.12. The summed E-state index contributed by atoms with van der Waals surface area (Å²) in [6.07, 6.45) is 2.01. The highest BCUT2D eigenvalue weighted by Gasteiger charge is 2.27. The molecule has 0 spiro atoms. The molecule has 1 aromatic carbocycles. The largest absolute Gasteiger partial charge is 0.326 e. The number of carbonyl (C=O) groups excluding carboxylic acids is 1. The summed E-state index contributed by atoms with van der Waals surface area (Å²) in [5.41, 5.74) is 2.26. The van der Waals surface area contributed by atoms with Crippen molar-refractivity contribution in [3.05, 3.63) is 40.4 Å². The minimum absolute atomic E-state index is 0.00904. The maximum absolute atomic E-state index is 13.1. The number of aromatic nitrogens is 3. The molecular weight excluding hydrogens is 283 g/mol. The fourth-order valence-corrected chi connectivity index (χ4v) is 2.51. The van der Waals surface area contributed by atoms with Crippen molar-refractivity contribution >= 4 is 23.2 Å². The van der Waals surface area contributed by atoms with E-state index >= 15 is 0 Å². The van der Waals surface area contributed by atoms with Crippen LogP contribution in [0.4, 0.5) is 10.1 Å². The molecule has 0 fully saturated rings. The summed E-state index contributed by atoms with van der Waals surface area (Å²) < 4.78 is 13.1. The molecule has 0 radical (unpaired) electrons. The van der Waals surface area contributed by atoms with E-state index in [2.05, 4.69) is 20.7 Å². The van der Waals surface area contributed by atoms with Gasteiger partial charge in [0.2, 0.25) is 5.91 Å². The Labute approximate surface area is 119 Å². The first-order chi connectivity index (χ1) is 9.63. The van der Waals surface area contributed by atoms with Crippen LogP contribution < -0.4 is 5.32 Å². The van der Waals surface area contributed by atoms with Crippen LogP contribution in [0.5, 0.6) is 0 Å². The van der Waals surface area contributed by atoms with Crippen molar-refractivity contribution in [2.45, 2.75) is 19.3 Å². The fraction of sp³-hybridized carbons (Fsp3) is 0.308. The SMILES string of the molecule is O=C(Nc1ccc(F)c(Cl)c1)C1CCc2n[nH]nc2C1. The first-order valence-electron chi connectivity index (χ1n) is 6.28. The van der Waals surface area contributed by atoms with Gasteiger partial charge >= 0.3 is 0 Å². The van der Waals surface area contributed by atoms with Gasteiger partial charge in [-0.25, -0.2) is 4.39 Å². The van der Waals surface area contributed by atoms with Gasteiger partial charge in [-0.2, -0.15) is 15.4 Å². The van der Waals surface area contributed by atoms with Crippen molar-refractivity contribution in [2.24, 2.45) is 5.92 Å². The molecule has 104 valence electrons. The number of aromatic amines is 1. The standard InChI is InChI=1S/C13H12ClFN4O/c14-9-6-8(2-3-10(9)15)16-13(20)7-1-4-11-12(5-7)18-19-17-11/h2-3,6-7H,1,4-5H2,(H,16,20)(H,17,18,19). The molecule has 7 heteroatoms. The number of H-pyrrole nitrogens is 1. The van der Waals surface area contributed by atoms with Gasteiger partial charge in [0.1, 0.15) is 5.82 Å². The molecule has 0 saturated carbocycles. The number of carbonyl (C=O) groups is 1. The molecule has 1 atom stereocenters. The topological polar surface area (TPSA) is 70.7 Å². The summed E-state index contributed by atoms with van der Waals surface area (Å²) in [6.45, 7) is 0. The van der Waals surface area contributed by atoms with Gasteiger partial charge in [0.05, 0.1) is 16.4 Å². The monoisotopic (exact) mass is 294 g/mol. The summed E-state index contributed by atoms with van der Waals surface area (Å²) in [7, 11) is 0. The van der Waals surface area contributed by atoms with E-state index in [0.29, 0.717) is 12.1 Å². The van der Waals surface area contributed by atoms with E-state index in [1.165, 1.54) is 18.2 Å². The maximum atomic E-state index is 13.1. The third-order valence-electron chi connectivity index (χ3n) is 3.43. The Morgan fingerprint density at radius 2 is 2.20 bits per heavy atom. The number of nitrogens with zero attached hydrogens (tertiary/aromatic N) is 2. The average molecular weight is 295 g/mol. The number of nitrogens with one attached hydrogen (secondary N) is 2. The normalized spacial score (nSPS) is 17.6. The highest BCUT2D eigenvalue weighted by atomic mass is 35.5. The number of benzene rings is 1. The van der Waals surface area contributed by atoms with Crippen molar-refractivity contribution in [3.63, 3.8) is 0 Å². The molecule has 5 nitrogen and oxygen atoms in total. The number of hydrogen-bond acceptors (Lipinski definition) is 3. The second kappa shape index (κ2) is 5.20. The Kier molecular flexibility index (Phi) is 3.40. The second-order valence-corrected chi connectivity index (χ2v) is 5.18. The molecule has 2 aromatic rings. The van der Waals surface area contributed by atoms with Crippen LogP contribution in [0.2, 0.25) is 5.02 Å². The Hall–Kier alpha value is -1.95. The second-order valence-electron chi connectivity index (χ2n) is 4.77. The van der Waals surface area contributed by atoms with Crippen LogP contribution in [0.15, 0.2) is 18.2 Å². The lowest BCUT2D eigenvalue weighted by Crippen LogP contribution is -2.28. The van der Waals surface area contributed by atoms with Crippen LogP contribution in [0.1, 0.15) is 17.8 Å². The van der Waals surface area contributed by atoms with Gasteiger partial charge in [0, 0.05) is 18.0 Å². The predicted octanol–water partition coefficient (Wildman–Crippen LogP) is 2.34. The van der Waals surface area contributed by atoms with Gasteiger partial charge in [-0.05, 0) is 31.0 Å². The predicted molar refractivity (Wildman–Crippen MR) is 71.9 cm³/mol. The van der Waals surface area contributed by atoms with Crippen LogP contribution in [0.3, 0.4) is 0 Å². The molecule has 1 aliphatic rings. The lowest BCUT2D eigenvalue weighted by molar-refractivity contribution is -0.120. The van der Waals surface area contributed by atoms with Gasteiger partial charge in [-0.15, -0.1) is 0 Å². The highest BCUT2D eigenvalue weighted by molar-refractivity contribution is 6.31. The van der Waals surface area contributed by atoms with Crippen molar-refractivity contribution in [1.29, 1.82) is 0 Å². The summed E-state index contributed by atoms with van der Waals surface area (Å²) >= 11 is 5.69. The lowest BCUT2D eigenvalue weighted by Gasteiger charge is -2.19. The molecule has 0 saturated heterocycles. The van der Waals surface area contributed by atoms with Gasteiger partial charge < -0.3 is 5.32 Å². The number of hydrogen-bond donors (Lipinski definition) is 2. The molecule has 1 aromatic heterocycles. The molecule has 0 bridgehead atoms. The minimum atomic E-state index is -0.505. The van der Waals surface area contributed by atoms with E-state index in [9.17, 15) is 9.18 Å². The van der Waals surface area contributed by atoms with Crippen molar-refractivity contribution in [3.8, 4) is 0 Å². The van der Waals surface area contributed by atoms with Crippen molar-refractivity contribution in [1.82, 2.24) is 15.4 Å². The van der Waals surface area contributed by atoms with E-state index in [1.54, 1.807) is 0 Å². The summed E-state index contributed by atoms with van der Waals surface area (Å²) in [5.74, 6) is -0.771. The molecule has 2 N–H and O–H groups in total. The first kappa shape index (κ1) is 13.1. The molecule has 3 rings (SSSR count). The van der Waals surface area contributed by atoms with Gasteiger partial charge in [-0.1, -0.05) is 11.6 Å². The zero-order chi connectivity index (χ0) is 14.1. The highest BCUT2D eigenvalue weighted by Crippen LogP contribution is 2.25. The molecule has 1 aliphatic carbocycles. The van der Waals surface area contributed by atoms with Crippen LogP contribution in [0.25, 0.3) is 0 Å². The Morgan fingerprint density at radius 3 is 3.00 bits per heavy atom. The van der Waals surface area contributed by atoms with Crippen LogP contribution in [-0.4, -0.2) is 21.3 Å². The van der Waals surface area contributed by atoms with E-state index in [1.807, 2.05) is 0 Å². The summed E-state index contributed by atoms with van der Waals surface area (Å²) in [5, 5.41) is 13.4. The Bertz CT molecular complexity index is 658. The number of aryl methyl sites for hydroxylation is 1. The smallest absolute Gasteiger partial charge is 0.227 e. The molecule has 1 unspecified atom stereocenters. The Balaban J connectivity index is 1.69. The van der Waals surface area contributed by atoms with Crippen molar-refractivity contribution < 1.29 is 9.18 Å². The van der Waals surface area contributed by atoms with E-state index in [0.717, 1.165) is 24.2 Å². The van der Waals surface area contributed by atoms with Gasteiger partial charge in [-0.3, -0.25) is 4.79 Å². The van der Waals surface area contributed by atoms with E-state index in [-0.39, 0.29) is 16.8 Å². The Morgan fingerprint density at radius 1 is 1.40 bits per heavy atom. The number of anilines is 1. The lowest BCUT2D eigenvalue weighted by atomic mass is 9.89. The average Bonchev–Trinajstić information content (AvgIpc) is 2.90. The van der Waals surface area contributed by atoms with Gasteiger partial charge in [0.15, 0.2) is 0 Å². The molecule has 20 heavy (non-hydrogen) atoms. The maximum Gasteiger partial charge on any atom is 0.227 e. The third-order valence-corrected chi connectivity index (χ3v) is 3.72. The van der Waals surface area contributed by atoms with Crippen LogP contribution in [0, 0.1) is 11.7 Å². The number of rotatable bonds is 2. The van der Waals surface area contributed by atoms with Crippen LogP contribution in [-0.2, 0) is 17.6 Å². The molecule has 1 heterocycles. The van der Waals surface area contributed by atoms with Crippen molar-refractivity contribution in [2.75, 3.05) is 5.32 Å². The quantitative estimate of drug-likeness (QED) is 0.893. The van der Waals surface area contributed by atoms with E-state index in [4.69, 9.17) is 11.6 Å². The molecule has 0 aliphatic heterocycles. The first-order valence-corrected chi connectivity index (χ1v) is 6.65. The third kappa shape index (κ3) is 2.51. The fourth-order valence-electron chi connectivity index (χ4n) is 2.33. The molecular formula is C13H12ClFN4O. The minimum Gasteiger partial charge on any atom is -0.326 e. The number of halogens is 2. The van der Waals surface area contributed by atoms with E-state index < -0.39 is 5.82 Å². The molecule has 1 amide bonds. The van der Waals surface area contributed by atoms with Gasteiger partial charge in [0.25, 0.3) is 0 Å². The zero-order valence-electron chi connectivity index (χ0n) is 10.5. The zero-order valence-corrected chi connectivity index (χ0v) is 11.2. The van der Waals surface area contributed by atoms with Crippen LogP contribution >= 0.6 is 11.6 Å². The summed E-state index contributed by atoms with van der Waals surface area (Å²) in [4.78, 5) is 12.2.